The lowest BCUT2D eigenvalue weighted by atomic mass is 10.2. The summed E-state index contributed by atoms with van der Waals surface area (Å²) in [5.74, 6) is 0.497. The second-order valence-corrected chi connectivity index (χ2v) is 6.20. The Balaban J connectivity index is 1.80. The van der Waals surface area contributed by atoms with E-state index in [0.717, 1.165) is 5.56 Å². The molecule has 0 saturated carbocycles. The molecule has 1 amide bonds. The Kier molecular flexibility index (Phi) is 5.75. The van der Waals surface area contributed by atoms with Crippen molar-refractivity contribution >= 4 is 34.9 Å². The third-order valence-corrected chi connectivity index (χ3v) is 4.18. The first-order valence-electron chi connectivity index (χ1n) is 7.93. The van der Waals surface area contributed by atoms with Gasteiger partial charge in [-0.15, -0.1) is 0 Å². The normalized spacial score (nSPS) is 10.6. The Hall–Kier alpha value is -2.57. The minimum absolute atomic E-state index is 0.291. The molecule has 3 aromatic rings. The van der Waals surface area contributed by atoms with Gasteiger partial charge in [-0.3, -0.25) is 4.79 Å². The van der Waals surface area contributed by atoms with Crippen molar-refractivity contribution in [3.63, 3.8) is 0 Å². The van der Waals surface area contributed by atoms with Gasteiger partial charge in [0.05, 0.1) is 19.3 Å². The Morgan fingerprint density at radius 2 is 2.08 bits per heavy atom. The van der Waals surface area contributed by atoms with Gasteiger partial charge in [-0.1, -0.05) is 29.3 Å². The van der Waals surface area contributed by atoms with Crippen molar-refractivity contribution in [2.45, 2.75) is 13.5 Å². The zero-order valence-corrected chi connectivity index (χ0v) is 15.5. The summed E-state index contributed by atoms with van der Waals surface area (Å²) >= 11 is 12.1. The van der Waals surface area contributed by atoms with Crippen molar-refractivity contribution in [3.05, 3.63) is 70.0 Å². The van der Waals surface area contributed by atoms with E-state index in [1.54, 1.807) is 47.4 Å². The highest BCUT2D eigenvalue weighted by Gasteiger charge is 2.16. The van der Waals surface area contributed by atoms with Gasteiger partial charge in [-0.05, 0) is 36.8 Å². The molecule has 0 atom stereocenters. The molecule has 26 heavy (non-hydrogen) atoms. The first-order valence-corrected chi connectivity index (χ1v) is 8.69. The van der Waals surface area contributed by atoms with E-state index >= 15 is 0 Å². The number of nitrogens with zero attached hydrogens (tertiary/aromatic N) is 3. The number of rotatable bonds is 6. The molecule has 0 spiro atoms. The van der Waals surface area contributed by atoms with Crippen LogP contribution in [-0.2, 0) is 6.54 Å². The van der Waals surface area contributed by atoms with Gasteiger partial charge in [0, 0.05) is 22.3 Å². The van der Waals surface area contributed by atoms with E-state index in [9.17, 15) is 4.79 Å². The van der Waals surface area contributed by atoms with Crippen molar-refractivity contribution in [1.29, 1.82) is 0 Å². The Labute approximate surface area is 160 Å². The number of aromatic nitrogens is 3. The number of pyridine rings is 1. The molecule has 0 radical (unpaired) electrons. The number of carbonyl (C=O) groups is 1. The van der Waals surface area contributed by atoms with E-state index < -0.39 is 0 Å². The smallest absolute Gasteiger partial charge is 0.262 e. The quantitative estimate of drug-likeness (QED) is 0.681. The maximum absolute atomic E-state index is 12.6. The molecule has 8 heteroatoms. The highest BCUT2D eigenvalue weighted by atomic mass is 35.5. The van der Waals surface area contributed by atoms with Crippen LogP contribution in [-0.4, -0.2) is 27.3 Å². The van der Waals surface area contributed by atoms with Crippen molar-refractivity contribution in [2.75, 3.05) is 11.9 Å². The van der Waals surface area contributed by atoms with Crippen LogP contribution in [0.25, 0.3) is 0 Å². The van der Waals surface area contributed by atoms with Crippen LogP contribution in [0.4, 0.5) is 5.82 Å². The highest BCUT2D eigenvalue weighted by Crippen LogP contribution is 2.23. The Morgan fingerprint density at radius 1 is 1.23 bits per heavy atom. The third kappa shape index (κ3) is 4.15. The molecule has 6 nitrogen and oxygen atoms in total. The van der Waals surface area contributed by atoms with Crippen LogP contribution in [0.1, 0.15) is 22.8 Å². The number of ether oxygens (including phenoxy) is 1. The monoisotopic (exact) mass is 390 g/mol. The lowest BCUT2D eigenvalue weighted by molar-refractivity contribution is 0.102. The van der Waals surface area contributed by atoms with Crippen LogP contribution < -0.4 is 10.1 Å². The molecule has 0 bridgehead atoms. The number of carbonyl (C=O) groups excluding carboxylic acids is 1. The average molecular weight is 391 g/mol. The van der Waals surface area contributed by atoms with Crippen molar-refractivity contribution in [2.24, 2.45) is 0 Å². The number of nitrogens with one attached hydrogen (secondary N) is 1. The fraction of sp³-hybridized carbons (Fsp3) is 0.167. The molecule has 1 aromatic carbocycles. The van der Waals surface area contributed by atoms with E-state index in [4.69, 9.17) is 27.9 Å². The van der Waals surface area contributed by atoms with Gasteiger partial charge in [-0.2, -0.15) is 5.10 Å². The van der Waals surface area contributed by atoms with E-state index in [0.29, 0.717) is 40.5 Å². The summed E-state index contributed by atoms with van der Waals surface area (Å²) in [4.78, 5) is 16.7. The summed E-state index contributed by atoms with van der Waals surface area (Å²) < 4.78 is 7.05. The van der Waals surface area contributed by atoms with Gasteiger partial charge in [0.25, 0.3) is 5.91 Å². The van der Waals surface area contributed by atoms with Crippen LogP contribution in [0.15, 0.2) is 48.8 Å². The molecular formula is C18H16Cl2N4O2. The SMILES string of the molecule is CCOc1ncccc1C(=O)Nc1ccnn1Cc1ccc(Cl)cc1Cl. The van der Waals surface area contributed by atoms with E-state index in [1.165, 1.54) is 0 Å². The van der Waals surface area contributed by atoms with Gasteiger partial charge >= 0.3 is 0 Å². The number of amides is 1. The summed E-state index contributed by atoms with van der Waals surface area (Å²) in [6.45, 7) is 2.65. The largest absolute Gasteiger partial charge is 0.477 e. The van der Waals surface area contributed by atoms with E-state index in [1.807, 2.05) is 13.0 Å². The van der Waals surface area contributed by atoms with Crippen LogP contribution in [0.2, 0.25) is 10.0 Å². The number of halogens is 2. The molecule has 0 aliphatic heterocycles. The fourth-order valence-electron chi connectivity index (χ4n) is 2.38. The predicted octanol–water partition coefficient (Wildman–Crippen LogP) is 4.28. The summed E-state index contributed by atoms with van der Waals surface area (Å²) in [5, 5.41) is 8.17. The molecule has 0 fully saturated rings. The number of anilines is 1. The lowest BCUT2D eigenvalue weighted by Gasteiger charge is -2.12. The van der Waals surface area contributed by atoms with E-state index in [-0.39, 0.29) is 5.91 Å². The van der Waals surface area contributed by atoms with Gasteiger partial charge in [0.1, 0.15) is 11.4 Å². The number of hydrogen-bond donors (Lipinski definition) is 1. The minimum atomic E-state index is -0.328. The Bertz CT molecular complexity index is 927. The summed E-state index contributed by atoms with van der Waals surface area (Å²) in [6.07, 6.45) is 3.18. The number of benzene rings is 1. The van der Waals surface area contributed by atoms with Crippen LogP contribution >= 0.6 is 23.2 Å². The molecule has 0 saturated heterocycles. The molecule has 2 aromatic heterocycles. The molecule has 134 valence electrons. The van der Waals surface area contributed by atoms with Gasteiger partial charge in [0.2, 0.25) is 5.88 Å². The molecular weight excluding hydrogens is 375 g/mol. The maximum Gasteiger partial charge on any atom is 0.262 e. The molecule has 1 N–H and O–H groups in total. The lowest BCUT2D eigenvalue weighted by Crippen LogP contribution is -2.17. The molecule has 0 aliphatic carbocycles. The Morgan fingerprint density at radius 3 is 2.85 bits per heavy atom. The molecule has 0 aliphatic rings. The fourth-order valence-corrected chi connectivity index (χ4v) is 2.84. The number of hydrogen-bond acceptors (Lipinski definition) is 4. The van der Waals surface area contributed by atoms with Crippen molar-refractivity contribution in [1.82, 2.24) is 14.8 Å². The third-order valence-electron chi connectivity index (χ3n) is 3.59. The topological polar surface area (TPSA) is 69.0 Å². The summed E-state index contributed by atoms with van der Waals surface area (Å²) in [6, 6.07) is 10.3. The zero-order valence-electron chi connectivity index (χ0n) is 13.9. The second kappa shape index (κ2) is 8.21. The first-order chi connectivity index (χ1) is 12.6. The van der Waals surface area contributed by atoms with Crippen LogP contribution in [0.3, 0.4) is 0 Å². The first kappa shape index (κ1) is 18.2. The second-order valence-electron chi connectivity index (χ2n) is 5.35. The predicted molar refractivity (Wildman–Crippen MR) is 101 cm³/mol. The van der Waals surface area contributed by atoms with Gasteiger partial charge in [0.15, 0.2) is 0 Å². The maximum atomic E-state index is 12.6. The molecule has 2 heterocycles. The molecule has 0 unspecified atom stereocenters. The highest BCUT2D eigenvalue weighted by molar-refractivity contribution is 6.35. The zero-order chi connectivity index (χ0) is 18.5. The van der Waals surface area contributed by atoms with Gasteiger partial charge in [-0.25, -0.2) is 9.67 Å². The van der Waals surface area contributed by atoms with Crippen molar-refractivity contribution in [3.8, 4) is 5.88 Å². The summed E-state index contributed by atoms with van der Waals surface area (Å²) in [7, 11) is 0. The van der Waals surface area contributed by atoms with Crippen LogP contribution in [0, 0.1) is 0 Å². The van der Waals surface area contributed by atoms with Crippen LogP contribution in [0.5, 0.6) is 5.88 Å². The standard InChI is InChI=1S/C18H16Cl2N4O2/c1-2-26-18-14(4-3-8-21-18)17(25)23-16-7-9-22-24(16)11-12-5-6-13(19)10-15(12)20/h3-10H,2,11H2,1H3,(H,23,25). The van der Waals surface area contributed by atoms with Crippen molar-refractivity contribution < 1.29 is 9.53 Å². The summed E-state index contributed by atoms with van der Waals surface area (Å²) in [5.41, 5.74) is 1.19. The van der Waals surface area contributed by atoms with Gasteiger partial charge < -0.3 is 10.1 Å². The molecule has 3 rings (SSSR count). The van der Waals surface area contributed by atoms with E-state index in [2.05, 4.69) is 15.4 Å². The minimum Gasteiger partial charge on any atom is -0.477 e. The average Bonchev–Trinajstić information content (AvgIpc) is 3.05.